The van der Waals surface area contributed by atoms with Crippen LogP contribution in [0, 0.1) is 5.41 Å². The van der Waals surface area contributed by atoms with Crippen molar-refractivity contribution in [2.24, 2.45) is 0 Å². The molecule has 0 bridgehead atoms. The minimum Gasteiger partial charge on any atom is -0.440 e. The molecule has 2 aromatic rings. The highest BCUT2D eigenvalue weighted by Gasteiger charge is 2.41. The van der Waals surface area contributed by atoms with Gasteiger partial charge in [0, 0.05) is 12.1 Å². The second kappa shape index (κ2) is 10.3. The van der Waals surface area contributed by atoms with Gasteiger partial charge in [0.15, 0.2) is 5.71 Å². The number of hydrogen-bond donors (Lipinski definition) is 4. The summed E-state index contributed by atoms with van der Waals surface area (Å²) in [5, 5.41) is 21.8. The zero-order chi connectivity index (χ0) is 23.2. The lowest BCUT2D eigenvalue weighted by Gasteiger charge is -2.20. The molecule has 0 heterocycles. The van der Waals surface area contributed by atoms with E-state index in [-0.39, 0.29) is 17.4 Å². The molecule has 6 nitrogen and oxygen atoms in total. The molecule has 0 aliphatic rings. The molecule has 0 aromatic heterocycles. The lowest BCUT2D eigenvalue weighted by Crippen LogP contribution is -2.38. The first-order valence-corrected chi connectivity index (χ1v) is 9.46. The Hall–Kier alpha value is -3.04. The molecule has 1 atom stereocenters. The molecule has 4 N–H and O–H groups in total. The molecule has 0 radical (unpaired) electrons. The van der Waals surface area contributed by atoms with Crippen LogP contribution in [0.15, 0.2) is 60.0 Å². The predicted octanol–water partition coefficient (Wildman–Crippen LogP) is 4.10. The van der Waals surface area contributed by atoms with Crippen molar-refractivity contribution < 1.29 is 27.8 Å². The molecule has 0 saturated heterocycles. The van der Waals surface area contributed by atoms with Crippen LogP contribution in [0.5, 0.6) is 5.75 Å². The summed E-state index contributed by atoms with van der Waals surface area (Å²) in [7, 11) is 1.27. The number of aliphatic hydroxyl groups is 1. The van der Waals surface area contributed by atoms with Crippen LogP contribution in [-0.4, -0.2) is 29.9 Å². The van der Waals surface area contributed by atoms with Gasteiger partial charge < -0.3 is 20.5 Å². The summed E-state index contributed by atoms with van der Waals surface area (Å²) in [4.78, 5) is 12.8. The number of halogens is 4. The zero-order valence-electron chi connectivity index (χ0n) is 16.7. The van der Waals surface area contributed by atoms with E-state index >= 15 is 0 Å². The van der Waals surface area contributed by atoms with Gasteiger partial charge in [0.25, 0.3) is 5.91 Å². The molecule has 31 heavy (non-hydrogen) atoms. The predicted molar refractivity (Wildman–Crippen MR) is 111 cm³/mol. The van der Waals surface area contributed by atoms with Crippen LogP contribution in [-0.2, 0) is 11.4 Å². The summed E-state index contributed by atoms with van der Waals surface area (Å²) in [6, 6.07) is 11.7. The van der Waals surface area contributed by atoms with E-state index in [1.54, 1.807) is 37.3 Å². The van der Waals surface area contributed by atoms with Gasteiger partial charge in [-0.1, -0.05) is 41.9 Å². The number of nitrogens with one attached hydrogen (secondary N) is 3. The molecule has 1 amide bonds. The zero-order valence-corrected chi connectivity index (χ0v) is 17.4. The molecular weight excluding hydrogens is 435 g/mol. The average Bonchev–Trinajstić information content (AvgIpc) is 2.72. The first-order valence-electron chi connectivity index (χ1n) is 9.09. The van der Waals surface area contributed by atoms with E-state index in [2.05, 4.69) is 10.6 Å². The second-order valence-electron chi connectivity index (χ2n) is 6.48. The number of benzene rings is 2. The van der Waals surface area contributed by atoms with Gasteiger partial charge in [0.1, 0.15) is 11.3 Å². The maximum atomic E-state index is 13.3. The summed E-state index contributed by atoms with van der Waals surface area (Å²) in [5.41, 5.74) is -1.62. The number of alkyl halides is 3. The van der Waals surface area contributed by atoms with Crippen LogP contribution < -0.4 is 15.4 Å². The third-order valence-corrected chi connectivity index (χ3v) is 4.48. The van der Waals surface area contributed by atoms with Gasteiger partial charge in [0.2, 0.25) is 5.88 Å². The standard InChI is InChI=1S/C21H21ClF3N3O3/c1-12(14-8-6-13(11-29)7-9-14)28-19(30)17(18(26)21(23,24)25)20(27-2)31-16-5-3-4-15(22)10-16/h3-10,12,26-27,29H,11H2,1-2H3,(H,28,30)/b20-17-,26-18?/t12-/m0/s1. The van der Waals surface area contributed by atoms with Crippen LogP contribution in [0.2, 0.25) is 5.02 Å². The third-order valence-electron chi connectivity index (χ3n) is 4.24. The Labute approximate surface area is 182 Å². The van der Waals surface area contributed by atoms with E-state index in [4.69, 9.17) is 26.9 Å². The highest BCUT2D eigenvalue weighted by atomic mass is 35.5. The molecule has 2 rings (SSSR count). The Morgan fingerprint density at radius 3 is 2.39 bits per heavy atom. The SMILES string of the molecule is CN/C(Oc1cccc(Cl)c1)=C(\C(=N)C(F)(F)F)C(=O)N[C@@H](C)c1ccc(CO)cc1. The van der Waals surface area contributed by atoms with Gasteiger partial charge in [-0.15, -0.1) is 0 Å². The number of hydrogen-bond acceptors (Lipinski definition) is 5. The third kappa shape index (κ3) is 6.47. The van der Waals surface area contributed by atoms with Crippen molar-refractivity contribution in [1.29, 1.82) is 5.41 Å². The molecule has 0 unspecified atom stereocenters. The van der Waals surface area contributed by atoms with Crippen molar-refractivity contribution in [3.05, 3.63) is 76.1 Å². The van der Waals surface area contributed by atoms with E-state index < -0.39 is 35.3 Å². The van der Waals surface area contributed by atoms with Crippen LogP contribution in [0.4, 0.5) is 13.2 Å². The maximum absolute atomic E-state index is 13.3. The lowest BCUT2D eigenvalue weighted by molar-refractivity contribution is -0.118. The maximum Gasteiger partial charge on any atom is 0.433 e. The van der Waals surface area contributed by atoms with Crippen LogP contribution in [0.3, 0.4) is 0 Å². The summed E-state index contributed by atoms with van der Waals surface area (Å²) in [6.45, 7) is 1.42. The van der Waals surface area contributed by atoms with E-state index in [0.29, 0.717) is 11.1 Å². The highest BCUT2D eigenvalue weighted by Crippen LogP contribution is 2.26. The molecule has 0 fully saturated rings. The molecule has 10 heteroatoms. The van der Waals surface area contributed by atoms with Crippen molar-refractivity contribution in [2.75, 3.05) is 7.05 Å². The largest absolute Gasteiger partial charge is 0.440 e. The molecule has 0 saturated carbocycles. The first-order chi connectivity index (χ1) is 14.6. The number of rotatable bonds is 8. The van der Waals surface area contributed by atoms with E-state index in [9.17, 15) is 18.0 Å². The van der Waals surface area contributed by atoms with Crippen molar-refractivity contribution in [3.8, 4) is 5.75 Å². The summed E-state index contributed by atoms with van der Waals surface area (Å²) >= 11 is 5.87. The van der Waals surface area contributed by atoms with Gasteiger partial charge in [-0.05, 0) is 36.2 Å². The number of amides is 1. The number of carbonyl (C=O) groups excluding carboxylic acids is 1. The lowest BCUT2D eigenvalue weighted by atomic mass is 10.0. The quantitative estimate of drug-likeness (QED) is 0.274. The van der Waals surface area contributed by atoms with Crippen LogP contribution in [0.1, 0.15) is 24.1 Å². The van der Waals surface area contributed by atoms with Crippen molar-refractivity contribution >= 4 is 23.2 Å². The van der Waals surface area contributed by atoms with Gasteiger partial charge in [-0.2, -0.15) is 13.2 Å². The van der Waals surface area contributed by atoms with Crippen molar-refractivity contribution in [3.63, 3.8) is 0 Å². The van der Waals surface area contributed by atoms with E-state index in [1.165, 1.54) is 25.2 Å². The molecule has 166 valence electrons. The molecule has 0 aliphatic carbocycles. The minimum atomic E-state index is -5.08. The Morgan fingerprint density at radius 2 is 1.87 bits per heavy atom. The van der Waals surface area contributed by atoms with Gasteiger partial charge in [-0.25, -0.2) is 0 Å². The van der Waals surface area contributed by atoms with E-state index in [1.807, 2.05) is 0 Å². The van der Waals surface area contributed by atoms with E-state index in [0.717, 1.165) is 0 Å². The second-order valence-corrected chi connectivity index (χ2v) is 6.92. The smallest absolute Gasteiger partial charge is 0.433 e. The molecule has 0 aliphatic heterocycles. The minimum absolute atomic E-state index is 0.0877. The molecule has 2 aromatic carbocycles. The van der Waals surface area contributed by atoms with Crippen molar-refractivity contribution in [2.45, 2.75) is 25.7 Å². The fourth-order valence-electron chi connectivity index (χ4n) is 2.61. The topological polar surface area (TPSA) is 94.4 Å². The number of aliphatic hydroxyl groups excluding tert-OH is 1. The van der Waals surface area contributed by atoms with Gasteiger partial charge >= 0.3 is 6.18 Å². The van der Waals surface area contributed by atoms with Crippen molar-refractivity contribution in [1.82, 2.24) is 10.6 Å². The Balaban J connectivity index is 2.39. The Morgan fingerprint density at radius 1 is 1.23 bits per heavy atom. The first kappa shape index (κ1) is 24.2. The summed E-state index contributed by atoms with van der Waals surface area (Å²) < 4.78 is 45.4. The number of ether oxygens (including phenoxy) is 1. The summed E-state index contributed by atoms with van der Waals surface area (Å²) in [6.07, 6.45) is -5.08. The Bertz CT molecular complexity index is 976. The number of carbonyl (C=O) groups is 1. The summed E-state index contributed by atoms with van der Waals surface area (Å²) in [5.74, 6) is -1.61. The average molecular weight is 456 g/mol. The normalized spacial score (nSPS) is 13.1. The van der Waals surface area contributed by atoms with Crippen LogP contribution in [0.25, 0.3) is 0 Å². The molecular formula is C21H21ClF3N3O3. The monoisotopic (exact) mass is 455 g/mol. The van der Waals surface area contributed by atoms with Gasteiger partial charge in [0.05, 0.1) is 12.6 Å². The van der Waals surface area contributed by atoms with Crippen LogP contribution >= 0.6 is 11.6 Å². The highest BCUT2D eigenvalue weighted by molar-refractivity contribution is 6.30. The van der Waals surface area contributed by atoms with Gasteiger partial charge in [-0.3, -0.25) is 10.2 Å². The fraction of sp³-hybridized carbons (Fsp3) is 0.238. The molecule has 0 spiro atoms. The Kier molecular flexibility index (Phi) is 8.07. The fourth-order valence-corrected chi connectivity index (χ4v) is 2.79.